The summed E-state index contributed by atoms with van der Waals surface area (Å²) >= 11 is 0. The van der Waals surface area contributed by atoms with E-state index in [9.17, 15) is 13.6 Å². The maximum atomic E-state index is 13.3. The number of hydrogen-bond donors (Lipinski definition) is 2. The van der Waals surface area contributed by atoms with Crippen LogP contribution in [0.4, 0.5) is 8.78 Å². The van der Waals surface area contributed by atoms with E-state index in [4.69, 9.17) is 0 Å². The van der Waals surface area contributed by atoms with Gasteiger partial charge in [0.15, 0.2) is 5.69 Å². The number of carbonyl (C=O) groups excluding carboxylic acids is 1. The second-order valence-corrected chi connectivity index (χ2v) is 8.62. The highest BCUT2D eigenvalue weighted by molar-refractivity contribution is 6.05. The molecule has 168 valence electrons. The summed E-state index contributed by atoms with van der Waals surface area (Å²) in [5, 5.41) is 11.8. The zero-order valence-corrected chi connectivity index (χ0v) is 17.6. The lowest BCUT2D eigenvalue weighted by Crippen LogP contribution is -2.49. The zero-order chi connectivity index (χ0) is 22.1. The summed E-state index contributed by atoms with van der Waals surface area (Å²) in [4.78, 5) is 13.3. The van der Waals surface area contributed by atoms with E-state index < -0.39 is 6.61 Å². The summed E-state index contributed by atoms with van der Waals surface area (Å²) in [5.74, 6) is 0.969. The third kappa shape index (κ3) is 4.19. The van der Waals surface area contributed by atoms with Crippen LogP contribution in [0.25, 0.3) is 10.9 Å². The van der Waals surface area contributed by atoms with E-state index in [1.165, 1.54) is 18.6 Å². The third-order valence-corrected chi connectivity index (χ3v) is 6.70. The molecule has 2 heterocycles. The molecule has 6 nitrogen and oxygen atoms in total. The van der Waals surface area contributed by atoms with E-state index in [1.807, 2.05) is 30.3 Å². The minimum Gasteiger partial charge on any atom is -0.435 e. The molecule has 0 radical (unpaired) electrons. The van der Waals surface area contributed by atoms with Crippen LogP contribution in [-0.2, 0) is 6.54 Å². The van der Waals surface area contributed by atoms with Crippen molar-refractivity contribution in [3.8, 4) is 5.75 Å². The Bertz CT molecular complexity index is 1100. The fourth-order valence-corrected chi connectivity index (χ4v) is 4.95. The van der Waals surface area contributed by atoms with Crippen LogP contribution in [0, 0.1) is 11.8 Å². The standard InChI is InChI=1S/C24H26F2N4O2/c25-24(26)32-17-7-9-19-21(12-17)30(14-15-4-2-1-3-5-15)29-22(19)23(31)28-20-13-27-11-10-16-6-8-18(16)20/h1-5,7,9,12,16,18,20,24,27H,6,8,10-11,13-14H2,(H,28,31)/t16?,18?,20-/m0/s1. The molecule has 1 saturated heterocycles. The van der Waals surface area contributed by atoms with E-state index in [0.717, 1.165) is 31.5 Å². The Morgan fingerprint density at radius 1 is 1.19 bits per heavy atom. The quantitative estimate of drug-likeness (QED) is 0.612. The first-order valence-electron chi connectivity index (χ1n) is 11.1. The van der Waals surface area contributed by atoms with Gasteiger partial charge in [-0.15, -0.1) is 0 Å². The first-order chi connectivity index (χ1) is 15.6. The molecule has 32 heavy (non-hydrogen) atoms. The lowest BCUT2D eigenvalue weighted by molar-refractivity contribution is -0.0497. The van der Waals surface area contributed by atoms with E-state index in [1.54, 1.807) is 10.7 Å². The van der Waals surface area contributed by atoms with Crippen molar-refractivity contribution in [2.24, 2.45) is 11.8 Å². The first-order valence-corrected chi connectivity index (χ1v) is 11.1. The molecule has 3 atom stereocenters. The highest BCUT2D eigenvalue weighted by Gasteiger charge is 2.39. The van der Waals surface area contributed by atoms with Crippen LogP contribution in [0.15, 0.2) is 48.5 Å². The molecule has 2 unspecified atom stereocenters. The Morgan fingerprint density at radius 2 is 2.03 bits per heavy atom. The van der Waals surface area contributed by atoms with Crippen molar-refractivity contribution in [1.82, 2.24) is 20.4 Å². The van der Waals surface area contributed by atoms with Crippen LogP contribution in [0.1, 0.15) is 35.3 Å². The molecule has 0 bridgehead atoms. The highest BCUT2D eigenvalue weighted by atomic mass is 19.3. The van der Waals surface area contributed by atoms with E-state index in [-0.39, 0.29) is 17.7 Å². The SMILES string of the molecule is O=C(N[C@H]1CNCCC2CCC21)c1nn(Cc2ccccc2)c2cc(OC(F)F)ccc12. The van der Waals surface area contributed by atoms with Crippen molar-refractivity contribution in [3.63, 3.8) is 0 Å². The van der Waals surface area contributed by atoms with Gasteiger partial charge in [-0.25, -0.2) is 0 Å². The molecule has 1 aliphatic heterocycles. The number of amides is 1. The molecule has 1 aliphatic carbocycles. The fourth-order valence-electron chi connectivity index (χ4n) is 4.95. The fraction of sp³-hybridized carbons (Fsp3) is 0.417. The second-order valence-electron chi connectivity index (χ2n) is 8.62. The van der Waals surface area contributed by atoms with Gasteiger partial charge in [-0.05, 0) is 55.3 Å². The first kappa shape index (κ1) is 20.9. The van der Waals surface area contributed by atoms with E-state index >= 15 is 0 Å². The second kappa shape index (κ2) is 8.86. The molecule has 2 N–H and O–H groups in total. The van der Waals surface area contributed by atoms with Crippen LogP contribution < -0.4 is 15.4 Å². The zero-order valence-electron chi connectivity index (χ0n) is 17.6. The van der Waals surface area contributed by atoms with Crippen LogP contribution in [0.2, 0.25) is 0 Å². The number of nitrogens with one attached hydrogen (secondary N) is 2. The summed E-state index contributed by atoms with van der Waals surface area (Å²) < 4.78 is 31.8. The Balaban J connectivity index is 1.46. The number of rotatable bonds is 6. The topological polar surface area (TPSA) is 68.2 Å². The van der Waals surface area contributed by atoms with Crippen LogP contribution in [0.5, 0.6) is 5.75 Å². The molecule has 5 rings (SSSR count). The van der Waals surface area contributed by atoms with Gasteiger partial charge in [-0.2, -0.15) is 13.9 Å². The number of hydrogen-bond acceptors (Lipinski definition) is 4. The van der Waals surface area contributed by atoms with Crippen molar-refractivity contribution in [3.05, 3.63) is 59.8 Å². The van der Waals surface area contributed by atoms with Gasteiger partial charge in [0, 0.05) is 24.0 Å². The molecule has 2 aliphatic rings. The number of aromatic nitrogens is 2. The monoisotopic (exact) mass is 440 g/mol. The molecule has 1 aromatic heterocycles. The lowest BCUT2D eigenvalue weighted by atomic mass is 9.69. The average Bonchev–Trinajstić information content (AvgIpc) is 3.03. The van der Waals surface area contributed by atoms with Crippen molar-refractivity contribution >= 4 is 16.8 Å². The van der Waals surface area contributed by atoms with Gasteiger partial charge < -0.3 is 15.4 Å². The largest absolute Gasteiger partial charge is 0.435 e. The van der Waals surface area contributed by atoms with Gasteiger partial charge in [0.05, 0.1) is 12.1 Å². The minimum atomic E-state index is -2.92. The number of benzene rings is 2. The van der Waals surface area contributed by atoms with Crippen LogP contribution in [0.3, 0.4) is 0 Å². The number of carbonyl (C=O) groups is 1. The van der Waals surface area contributed by atoms with Crippen LogP contribution >= 0.6 is 0 Å². The maximum absolute atomic E-state index is 13.3. The predicted molar refractivity (Wildman–Crippen MR) is 117 cm³/mol. The van der Waals surface area contributed by atoms with Crippen LogP contribution in [-0.4, -0.2) is 41.4 Å². The summed E-state index contributed by atoms with van der Waals surface area (Å²) in [5.41, 5.74) is 1.88. The number of ether oxygens (including phenoxy) is 1. The molecular formula is C24H26F2N4O2. The summed E-state index contributed by atoms with van der Waals surface area (Å²) in [6.07, 6.45) is 3.51. The minimum absolute atomic E-state index is 0.0407. The highest BCUT2D eigenvalue weighted by Crippen LogP contribution is 2.40. The number of nitrogens with zero attached hydrogens (tertiary/aromatic N) is 2. The van der Waals surface area contributed by atoms with Gasteiger partial charge in [-0.3, -0.25) is 9.48 Å². The number of fused-ring (bicyclic) bond motifs is 2. The Morgan fingerprint density at radius 3 is 2.78 bits per heavy atom. The average molecular weight is 440 g/mol. The molecule has 3 aromatic rings. The van der Waals surface area contributed by atoms with E-state index in [0.29, 0.717) is 35.0 Å². The molecule has 8 heteroatoms. The van der Waals surface area contributed by atoms with Crippen molar-refractivity contribution < 1.29 is 18.3 Å². The number of alkyl halides is 2. The molecule has 0 spiro atoms. The molecule has 1 saturated carbocycles. The smallest absolute Gasteiger partial charge is 0.387 e. The normalized spacial score (nSPS) is 22.8. The Labute approximate surface area is 184 Å². The van der Waals surface area contributed by atoms with Gasteiger partial charge in [0.1, 0.15) is 5.75 Å². The van der Waals surface area contributed by atoms with Gasteiger partial charge in [0.2, 0.25) is 0 Å². The summed E-state index contributed by atoms with van der Waals surface area (Å²) in [6.45, 7) is -0.769. The van der Waals surface area contributed by atoms with Crippen molar-refractivity contribution in [2.75, 3.05) is 13.1 Å². The number of halogens is 2. The lowest BCUT2D eigenvalue weighted by Gasteiger charge is -2.40. The Hall–Kier alpha value is -3.00. The Kier molecular flexibility index (Phi) is 5.78. The van der Waals surface area contributed by atoms with Crippen molar-refractivity contribution in [2.45, 2.75) is 38.5 Å². The molecule has 2 aromatic carbocycles. The third-order valence-electron chi connectivity index (χ3n) is 6.70. The molecule has 2 fully saturated rings. The summed E-state index contributed by atoms with van der Waals surface area (Å²) in [6, 6.07) is 14.4. The summed E-state index contributed by atoms with van der Waals surface area (Å²) in [7, 11) is 0. The molecule has 1 amide bonds. The van der Waals surface area contributed by atoms with Gasteiger partial charge in [0.25, 0.3) is 5.91 Å². The molecular weight excluding hydrogens is 414 g/mol. The van der Waals surface area contributed by atoms with Gasteiger partial charge >= 0.3 is 6.61 Å². The van der Waals surface area contributed by atoms with E-state index in [2.05, 4.69) is 20.5 Å². The predicted octanol–water partition coefficient (Wildman–Crippen LogP) is 3.80. The van der Waals surface area contributed by atoms with Gasteiger partial charge in [-0.1, -0.05) is 30.3 Å². The maximum Gasteiger partial charge on any atom is 0.387 e. The van der Waals surface area contributed by atoms with Crippen molar-refractivity contribution in [1.29, 1.82) is 0 Å².